The monoisotopic (exact) mass is 531 g/mol. The summed E-state index contributed by atoms with van der Waals surface area (Å²) in [6.45, 7) is -0.0457. The predicted molar refractivity (Wildman–Crippen MR) is 141 cm³/mol. The Hall–Kier alpha value is -4.02. The van der Waals surface area contributed by atoms with Gasteiger partial charge in [-0.2, -0.15) is 0 Å². The number of amides is 5. The van der Waals surface area contributed by atoms with E-state index in [9.17, 15) is 24.0 Å². The molecule has 1 fully saturated rings. The van der Waals surface area contributed by atoms with E-state index < -0.39 is 34.9 Å². The van der Waals surface area contributed by atoms with Crippen LogP contribution in [0.4, 0.5) is 4.79 Å². The molecular weight excluding hydrogens is 510 g/mol. The molecule has 5 amide bonds. The molecule has 37 heavy (non-hydrogen) atoms. The van der Waals surface area contributed by atoms with Crippen molar-refractivity contribution < 1.29 is 24.0 Å². The quantitative estimate of drug-likeness (QED) is 0.350. The van der Waals surface area contributed by atoms with Gasteiger partial charge in [-0.15, -0.1) is 11.3 Å². The summed E-state index contributed by atoms with van der Waals surface area (Å²) in [6.07, 6.45) is 1.80. The second-order valence-electron chi connectivity index (χ2n) is 8.37. The van der Waals surface area contributed by atoms with E-state index >= 15 is 0 Å². The van der Waals surface area contributed by atoms with E-state index in [1.165, 1.54) is 11.3 Å². The second-order valence-corrected chi connectivity index (χ2v) is 10.3. The van der Waals surface area contributed by atoms with Crippen molar-refractivity contribution in [3.05, 3.63) is 98.6 Å². The standard InChI is InChI=1S/C27H21N3O5S2/c31-23(28-12-13-29-26(34)22(37-27(29)35)16-18-9-6-14-36-18)21(15-17-7-2-1-3-8-17)30-24(32)19-10-4-5-11-20(19)25(30)33/h1-11,14,16,21H,12-13,15H2,(H,28,31)/b22-16-/t21-/m0/s1. The van der Waals surface area contributed by atoms with Gasteiger partial charge < -0.3 is 5.32 Å². The number of benzene rings is 2. The Morgan fingerprint density at radius 1 is 0.865 bits per heavy atom. The van der Waals surface area contributed by atoms with Gasteiger partial charge in [0.1, 0.15) is 6.04 Å². The first-order valence-corrected chi connectivity index (χ1v) is 13.2. The molecule has 1 saturated heterocycles. The molecule has 2 aromatic carbocycles. The fraction of sp³-hybridized carbons (Fsp3) is 0.148. The highest BCUT2D eigenvalue weighted by atomic mass is 32.2. The number of thioether (sulfide) groups is 1. The van der Waals surface area contributed by atoms with Crippen LogP contribution >= 0.6 is 23.1 Å². The number of nitrogens with one attached hydrogen (secondary N) is 1. The highest BCUT2D eigenvalue weighted by molar-refractivity contribution is 8.18. The maximum Gasteiger partial charge on any atom is 0.293 e. The van der Waals surface area contributed by atoms with Crippen molar-refractivity contribution in [2.45, 2.75) is 12.5 Å². The van der Waals surface area contributed by atoms with Gasteiger partial charge >= 0.3 is 0 Å². The van der Waals surface area contributed by atoms with Gasteiger partial charge in [-0.1, -0.05) is 48.5 Å². The maximum atomic E-state index is 13.3. The highest BCUT2D eigenvalue weighted by Gasteiger charge is 2.43. The Morgan fingerprint density at radius 3 is 2.19 bits per heavy atom. The molecule has 0 saturated carbocycles. The van der Waals surface area contributed by atoms with E-state index in [4.69, 9.17) is 0 Å². The smallest absolute Gasteiger partial charge is 0.293 e. The van der Waals surface area contributed by atoms with Gasteiger partial charge in [-0.3, -0.25) is 33.8 Å². The van der Waals surface area contributed by atoms with Gasteiger partial charge in [-0.25, -0.2) is 0 Å². The second kappa shape index (κ2) is 10.5. The van der Waals surface area contributed by atoms with Crippen molar-refractivity contribution in [2.24, 2.45) is 0 Å². The van der Waals surface area contributed by atoms with Crippen molar-refractivity contribution >= 4 is 58.0 Å². The number of hydrogen-bond acceptors (Lipinski definition) is 7. The fourth-order valence-corrected chi connectivity index (χ4v) is 5.82. The Kier molecular flexibility index (Phi) is 7.02. The Morgan fingerprint density at radius 2 is 1.54 bits per heavy atom. The molecule has 0 radical (unpaired) electrons. The zero-order valence-electron chi connectivity index (χ0n) is 19.5. The van der Waals surface area contributed by atoms with Crippen LogP contribution in [0, 0.1) is 0 Å². The summed E-state index contributed by atoms with van der Waals surface area (Å²) in [5.74, 6) is -2.01. The van der Waals surface area contributed by atoms with Gasteiger partial charge in [-0.05, 0) is 47.0 Å². The average molecular weight is 532 g/mol. The third-order valence-corrected chi connectivity index (χ3v) is 7.76. The minimum absolute atomic E-state index is 0.0163. The van der Waals surface area contributed by atoms with Crippen molar-refractivity contribution in [3.63, 3.8) is 0 Å². The number of carbonyl (C=O) groups excluding carboxylic acids is 5. The Bertz CT molecular complexity index is 1380. The van der Waals surface area contributed by atoms with Gasteiger partial charge in [0, 0.05) is 24.4 Å². The Balaban J connectivity index is 1.29. The molecule has 10 heteroatoms. The summed E-state index contributed by atoms with van der Waals surface area (Å²) in [5, 5.41) is 4.19. The van der Waals surface area contributed by atoms with Gasteiger partial charge in [0.05, 0.1) is 16.0 Å². The first-order chi connectivity index (χ1) is 17.9. The highest BCUT2D eigenvalue weighted by Crippen LogP contribution is 2.32. The van der Waals surface area contributed by atoms with Crippen molar-refractivity contribution in [3.8, 4) is 0 Å². The molecule has 0 unspecified atom stereocenters. The number of carbonyl (C=O) groups is 5. The lowest BCUT2D eigenvalue weighted by molar-refractivity contribution is -0.126. The molecule has 2 aliphatic rings. The van der Waals surface area contributed by atoms with E-state index in [1.54, 1.807) is 30.3 Å². The van der Waals surface area contributed by atoms with Crippen LogP contribution in [-0.2, 0) is 16.0 Å². The van der Waals surface area contributed by atoms with Crippen LogP contribution in [-0.4, -0.2) is 57.8 Å². The minimum Gasteiger partial charge on any atom is -0.352 e. The normalized spacial score (nSPS) is 17.0. The van der Waals surface area contributed by atoms with E-state index in [0.29, 0.717) is 4.91 Å². The van der Waals surface area contributed by atoms with Crippen molar-refractivity contribution in [1.82, 2.24) is 15.1 Å². The molecular formula is C27H21N3O5S2. The van der Waals surface area contributed by atoms with Crippen LogP contribution < -0.4 is 5.32 Å². The van der Waals surface area contributed by atoms with Crippen LogP contribution in [0.15, 0.2) is 77.0 Å². The number of thiophene rings is 1. The summed E-state index contributed by atoms with van der Waals surface area (Å²) in [4.78, 5) is 67.9. The van der Waals surface area contributed by atoms with Crippen LogP contribution in [0.5, 0.6) is 0 Å². The molecule has 1 atom stereocenters. The third-order valence-electron chi connectivity index (χ3n) is 6.04. The zero-order valence-corrected chi connectivity index (χ0v) is 21.1. The van der Waals surface area contributed by atoms with Gasteiger partial charge in [0.15, 0.2) is 0 Å². The van der Waals surface area contributed by atoms with Crippen LogP contribution in [0.1, 0.15) is 31.2 Å². The van der Waals surface area contributed by atoms with E-state index in [1.807, 2.05) is 47.8 Å². The summed E-state index contributed by atoms with van der Waals surface area (Å²) in [7, 11) is 0. The average Bonchev–Trinajstić information content (AvgIpc) is 3.58. The Labute approximate surface area is 220 Å². The van der Waals surface area contributed by atoms with E-state index in [0.717, 1.165) is 32.0 Å². The first kappa shape index (κ1) is 24.7. The van der Waals surface area contributed by atoms with Gasteiger partial charge in [0.2, 0.25) is 5.91 Å². The molecule has 0 aliphatic carbocycles. The molecule has 1 aromatic heterocycles. The van der Waals surface area contributed by atoms with E-state index in [-0.39, 0.29) is 30.6 Å². The minimum atomic E-state index is -1.09. The van der Waals surface area contributed by atoms with Crippen molar-refractivity contribution in [2.75, 3.05) is 13.1 Å². The topological polar surface area (TPSA) is 104 Å². The first-order valence-electron chi connectivity index (χ1n) is 11.5. The van der Waals surface area contributed by atoms with Gasteiger partial charge in [0.25, 0.3) is 23.0 Å². The SMILES string of the molecule is O=C(NCCN1C(=O)S/C(=C\c2cccs2)C1=O)[C@H](Cc1ccccc1)N1C(=O)c2ccccc2C1=O. The lowest BCUT2D eigenvalue weighted by atomic mass is 10.0. The molecule has 3 aromatic rings. The summed E-state index contributed by atoms with van der Waals surface area (Å²) in [6, 6.07) is 18.2. The predicted octanol–water partition coefficient (Wildman–Crippen LogP) is 3.81. The zero-order chi connectivity index (χ0) is 25.9. The summed E-state index contributed by atoms with van der Waals surface area (Å²) >= 11 is 2.32. The lowest BCUT2D eigenvalue weighted by Crippen LogP contribution is -2.51. The molecule has 2 aliphatic heterocycles. The fourth-order valence-electron chi connectivity index (χ4n) is 4.23. The van der Waals surface area contributed by atoms with Crippen molar-refractivity contribution in [1.29, 1.82) is 0 Å². The number of hydrogen-bond donors (Lipinski definition) is 1. The molecule has 5 rings (SSSR count). The number of fused-ring (bicyclic) bond motifs is 1. The lowest BCUT2D eigenvalue weighted by Gasteiger charge is -2.26. The van der Waals surface area contributed by atoms with Crippen LogP contribution in [0.2, 0.25) is 0 Å². The molecule has 3 heterocycles. The molecule has 0 bridgehead atoms. The van der Waals surface area contributed by atoms with Crippen LogP contribution in [0.3, 0.4) is 0 Å². The number of nitrogens with zero attached hydrogens (tertiary/aromatic N) is 2. The maximum absolute atomic E-state index is 13.3. The van der Waals surface area contributed by atoms with Crippen LogP contribution in [0.25, 0.3) is 6.08 Å². The van der Waals surface area contributed by atoms with E-state index in [2.05, 4.69) is 5.32 Å². The molecule has 186 valence electrons. The molecule has 1 N–H and O–H groups in total. The number of imide groups is 2. The third kappa shape index (κ3) is 4.98. The number of rotatable bonds is 8. The molecule has 8 nitrogen and oxygen atoms in total. The summed E-state index contributed by atoms with van der Waals surface area (Å²) in [5.41, 5.74) is 1.30. The molecule has 0 spiro atoms. The summed E-state index contributed by atoms with van der Waals surface area (Å²) < 4.78 is 0. The largest absolute Gasteiger partial charge is 0.352 e.